The van der Waals surface area contributed by atoms with Crippen molar-refractivity contribution in [3.8, 4) is 0 Å². The fourth-order valence-electron chi connectivity index (χ4n) is 1.91. The van der Waals surface area contributed by atoms with Gasteiger partial charge in [-0.1, -0.05) is 28.3 Å². The zero-order valence-electron chi connectivity index (χ0n) is 11.9. The van der Waals surface area contributed by atoms with Crippen molar-refractivity contribution in [1.82, 2.24) is 20.3 Å². The minimum atomic E-state index is -0.00120. The Labute approximate surface area is 130 Å². The van der Waals surface area contributed by atoms with E-state index in [0.717, 1.165) is 17.2 Å². The molecule has 1 saturated carbocycles. The van der Waals surface area contributed by atoms with E-state index in [1.54, 1.807) is 18.7 Å². The van der Waals surface area contributed by atoms with Gasteiger partial charge in [0.05, 0.1) is 5.25 Å². The van der Waals surface area contributed by atoms with Crippen LogP contribution in [-0.4, -0.2) is 32.3 Å². The molecule has 1 atom stereocenters. The Hall–Kier alpha value is -1.48. The first-order chi connectivity index (χ1) is 10.0. The maximum absolute atomic E-state index is 11.7. The minimum Gasteiger partial charge on any atom is -0.338 e. The number of aryl methyl sites for hydroxylation is 1. The maximum atomic E-state index is 11.7. The second kappa shape index (κ2) is 5.72. The van der Waals surface area contributed by atoms with E-state index >= 15 is 0 Å². The average molecular weight is 325 g/mol. The van der Waals surface area contributed by atoms with Gasteiger partial charge < -0.3 is 4.52 Å². The number of anilines is 1. The number of carbonyl (C=O) groups is 1. The van der Waals surface area contributed by atoms with Crippen LogP contribution in [0.2, 0.25) is 0 Å². The molecule has 0 spiro atoms. The Kier molecular flexibility index (Phi) is 3.94. The molecule has 0 radical (unpaired) electrons. The van der Waals surface area contributed by atoms with E-state index in [0.29, 0.717) is 22.9 Å². The number of amides is 1. The first kappa shape index (κ1) is 14.5. The number of hydrogen-bond acceptors (Lipinski definition) is 8. The molecular formula is C12H15N5O2S2. The standard InChI is InChI=1S/C12H15N5O2S2/c1-6(10-13-7(2)16-19-10)20-12-15-14-11(21-12)17(8(3)18)9-4-5-9/h6,9H,4-5H2,1-3H3. The van der Waals surface area contributed by atoms with Crippen molar-refractivity contribution >= 4 is 34.1 Å². The van der Waals surface area contributed by atoms with Crippen molar-refractivity contribution in [3.63, 3.8) is 0 Å². The fraction of sp³-hybridized carbons (Fsp3) is 0.583. The molecule has 112 valence electrons. The van der Waals surface area contributed by atoms with Crippen LogP contribution in [0.4, 0.5) is 5.13 Å². The zero-order chi connectivity index (χ0) is 15.0. The van der Waals surface area contributed by atoms with Gasteiger partial charge in [-0.3, -0.25) is 9.69 Å². The number of thioether (sulfide) groups is 1. The summed E-state index contributed by atoms with van der Waals surface area (Å²) < 4.78 is 5.94. The lowest BCUT2D eigenvalue weighted by atomic mass is 10.5. The number of hydrogen-bond donors (Lipinski definition) is 0. The van der Waals surface area contributed by atoms with Gasteiger partial charge in [0.2, 0.25) is 16.9 Å². The second-order valence-corrected chi connectivity index (χ2v) is 7.45. The van der Waals surface area contributed by atoms with Crippen LogP contribution >= 0.6 is 23.1 Å². The lowest BCUT2D eigenvalue weighted by molar-refractivity contribution is -0.116. The normalized spacial score (nSPS) is 16.0. The Morgan fingerprint density at radius 3 is 2.81 bits per heavy atom. The van der Waals surface area contributed by atoms with Gasteiger partial charge >= 0.3 is 0 Å². The molecule has 2 aromatic heterocycles. The predicted octanol–water partition coefficient (Wildman–Crippen LogP) is 2.60. The molecule has 3 rings (SSSR count). The second-order valence-electron chi connectivity index (χ2n) is 4.91. The third-order valence-electron chi connectivity index (χ3n) is 3.02. The highest BCUT2D eigenvalue weighted by atomic mass is 32.2. The molecule has 1 aliphatic carbocycles. The highest BCUT2D eigenvalue weighted by Crippen LogP contribution is 2.40. The van der Waals surface area contributed by atoms with Gasteiger partial charge in [-0.15, -0.1) is 10.2 Å². The summed E-state index contributed by atoms with van der Waals surface area (Å²) in [5, 5.41) is 12.7. The van der Waals surface area contributed by atoms with Gasteiger partial charge in [-0.05, 0) is 26.7 Å². The van der Waals surface area contributed by atoms with Crippen LogP contribution in [0.5, 0.6) is 0 Å². The Balaban J connectivity index is 1.71. The van der Waals surface area contributed by atoms with Crippen molar-refractivity contribution in [2.45, 2.75) is 49.2 Å². The highest BCUT2D eigenvalue weighted by molar-refractivity contribution is 8.01. The zero-order valence-corrected chi connectivity index (χ0v) is 13.6. The van der Waals surface area contributed by atoms with E-state index in [9.17, 15) is 4.79 Å². The molecule has 1 aliphatic rings. The van der Waals surface area contributed by atoms with Crippen LogP contribution in [0.25, 0.3) is 0 Å². The third-order valence-corrected chi connectivity index (χ3v) is 5.12. The van der Waals surface area contributed by atoms with Crippen molar-refractivity contribution in [3.05, 3.63) is 11.7 Å². The number of carbonyl (C=O) groups excluding carboxylic acids is 1. The topological polar surface area (TPSA) is 85.0 Å². The van der Waals surface area contributed by atoms with Crippen LogP contribution < -0.4 is 4.90 Å². The molecule has 9 heteroatoms. The predicted molar refractivity (Wildman–Crippen MR) is 79.4 cm³/mol. The molecule has 0 aliphatic heterocycles. The summed E-state index contributed by atoms with van der Waals surface area (Å²) in [6, 6.07) is 0.296. The van der Waals surface area contributed by atoms with E-state index in [1.165, 1.54) is 23.1 Å². The van der Waals surface area contributed by atoms with Crippen molar-refractivity contribution in [1.29, 1.82) is 0 Å². The minimum absolute atomic E-state index is 0.00120. The van der Waals surface area contributed by atoms with E-state index < -0.39 is 0 Å². The molecular weight excluding hydrogens is 310 g/mol. The van der Waals surface area contributed by atoms with Gasteiger partial charge in [0.25, 0.3) is 0 Å². The lowest BCUT2D eigenvalue weighted by Crippen LogP contribution is -2.30. The van der Waals surface area contributed by atoms with E-state index in [4.69, 9.17) is 4.52 Å². The van der Waals surface area contributed by atoms with E-state index in [1.807, 2.05) is 6.92 Å². The molecule has 0 saturated heterocycles. The molecule has 0 N–H and O–H groups in total. The summed E-state index contributed by atoms with van der Waals surface area (Å²) in [4.78, 5) is 17.7. The Bertz CT molecular complexity index is 652. The van der Waals surface area contributed by atoms with Gasteiger partial charge in [0, 0.05) is 13.0 Å². The largest absolute Gasteiger partial charge is 0.338 e. The van der Waals surface area contributed by atoms with Crippen molar-refractivity contribution in [2.75, 3.05) is 4.90 Å². The van der Waals surface area contributed by atoms with Crippen molar-refractivity contribution in [2.24, 2.45) is 0 Å². The summed E-state index contributed by atoms with van der Waals surface area (Å²) in [6.45, 7) is 5.33. The monoisotopic (exact) mass is 325 g/mol. The molecule has 2 heterocycles. The van der Waals surface area contributed by atoms with Crippen LogP contribution in [0.1, 0.15) is 43.7 Å². The van der Waals surface area contributed by atoms with E-state index in [-0.39, 0.29) is 11.2 Å². The summed E-state index contributed by atoms with van der Waals surface area (Å²) in [5.41, 5.74) is 0. The molecule has 1 fully saturated rings. The first-order valence-electron chi connectivity index (χ1n) is 6.64. The van der Waals surface area contributed by atoms with Crippen LogP contribution in [0, 0.1) is 6.92 Å². The molecule has 21 heavy (non-hydrogen) atoms. The molecule has 0 aromatic carbocycles. The summed E-state index contributed by atoms with van der Waals surface area (Å²) in [6.07, 6.45) is 2.08. The number of rotatable bonds is 5. The molecule has 7 nitrogen and oxygen atoms in total. The highest BCUT2D eigenvalue weighted by Gasteiger charge is 2.34. The number of aromatic nitrogens is 4. The molecule has 1 amide bonds. The average Bonchev–Trinajstić information content (AvgIpc) is 2.97. The van der Waals surface area contributed by atoms with Gasteiger partial charge in [-0.2, -0.15) is 4.98 Å². The lowest BCUT2D eigenvalue weighted by Gasteiger charge is -2.15. The Morgan fingerprint density at radius 2 is 2.24 bits per heavy atom. The van der Waals surface area contributed by atoms with Crippen LogP contribution in [0.3, 0.4) is 0 Å². The molecule has 1 unspecified atom stereocenters. The van der Waals surface area contributed by atoms with Gasteiger partial charge in [0.15, 0.2) is 10.2 Å². The summed E-state index contributed by atoms with van der Waals surface area (Å²) >= 11 is 2.93. The number of nitrogens with zero attached hydrogens (tertiary/aromatic N) is 5. The fourth-order valence-corrected chi connectivity index (χ4v) is 4.04. The van der Waals surface area contributed by atoms with Gasteiger partial charge in [-0.25, -0.2) is 0 Å². The molecule has 0 bridgehead atoms. The maximum Gasteiger partial charge on any atom is 0.239 e. The van der Waals surface area contributed by atoms with Crippen LogP contribution in [0.15, 0.2) is 8.86 Å². The van der Waals surface area contributed by atoms with Crippen molar-refractivity contribution < 1.29 is 9.32 Å². The molecule has 2 aromatic rings. The summed E-state index contributed by atoms with van der Waals surface area (Å²) in [5.74, 6) is 1.21. The van der Waals surface area contributed by atoms with Gasteiger partial charge in [0.1, 0.15) is 0 Å². The quantitative estimate of drug-likeness (QED) is 0.617. The SMILES string of the molecule is CC(=O)N(c1nnc(SC(C)c2nc(C)no2)s1)C1CC1. The Morgan fingerprint density at radius 1 is 1.48 bits per heavy atom. The summed E-state index contributed by atoms with van der Waals surface area (Å²) in [7, 11) is 0. The first-order valence-corrected chi connectivity index (χ1v) is 8.34. The smallest absolute Gasteiger partial charge is 0.239 e. The van der Waals surface area contributed by atoms with E-state index in [2.05, 4.69) is 20.3 Å². The van der Waals surface area contributed by atoms with Crippen LogP contribution in [-0.2, 0) is 4.79 Å². The third kappa shape index (κ3) is 3.24.